The maximum absolute atomic E-state index is 2.36. The van der Waals surface area contributed by atoms with Crippen LogP contribution in [0.2, 0.25) is 0 Å². The molecule has 0 amide bonds. The van der Waals surface area contributed by atoms with Crippen LogP contribution in [0.5, 0.6) is 0 Å². The molecule has 0 bridgehead atoms. The van der Waals surface area contributed by atoms with E-state index in [2.05, 4.69) is 70.5 Å². The van der Waals surface area contributed by atoms with E-state index in [0.717, 1.165) is 6.42 Å². The fraction of sp³-hybridized carbons (Fsp3) is 0.471. The van der Waals surface area contributed by atoms with E-state index in [1.54, 1.807) is 0 Å². The lowest BCUT2D eigenvalue weighted by atomic mass is 9.78. The van der Waals surface area contributed by atoms with Crippen LogP contribution in [-0.2, 0) is 5.41 Å². The predicted octanol–water partition coefficient (Wildman–Crippen LogP) is 4.44. The summed E-state index contributed by atoms with van der Waals surface area (Å²) in [4.78, 5) is 0. The number of fused-ring (bicyclic) bond motifs is 1. The highest BCUT2D eigenvalue weighted by atomic mass is 15.0. The lowest BCUT2D eigenvalue weighted by molar-refractivity contribution is -0.402. The zero-order valence-electron chi connectivity index (χ0n) is 12.5. The van der Waals surface area contributed by atoms with Gasteiger partial charge in [-0.2, -0.15) is 4.58 Å². The third kappa shape index (κ3) is 1.73. The summed E-state index contributed by atoms with van der Waals surface area (Å²) in [6.45, 7) is 11.4. The molecular formula is C17H24N+. The van der Waals surface area contributed by atoms with E-state index in [0.29, 0.717) is 0 Å². The van der Waals surface area contributed by atoms with Gasteiger partial charge in [0.15, 0.2) is 5.71 Å². The summed E-state index contributed by atoms with van der Waals surface area (Å²) >= 11 is 0. The van der Waals surface area contributed by atoms with Gasteiger partial charge >= 0.3 is 0 Å². The van der Waals surface area contributed by atoms with Gasteiger partial charge in [0.25, 0.3) is 0 Å². The zero-order valence-corrected chi connectivity index (χ0v) is 12.5. The SMILES string of the molecule is CC/C(C)=C(\C)C1=[N+](C)c2ccccc2C1(C)C. The van der Waals surface area contributed by atoms with Crippen molar-refractivity contribution in [2.75, 3.05) is 7.05 Å². The van der Waals surface area contributed by atoms with Gasteiger partial charge in [-0.15, -0.1) is 0 Å². The normalized spacial score (nSPS) is 18.8. The minimum atomic E-state index is 0.103. The fourth-order valence-electron chi connectivity index (χ4n) is 3.15. The van der Waals surface area contributed by atoms with Crippen molar-refractivity contribution in [1.82, 2.24) is 0 Å². The molecule has 1 aliphatic heterocycles. The van der Waals surface area contributed by atoms with E-state index in [-0.39, 0.29) is 5.41 Å². The lowest BCUT2D eigenvalue weighted by Gasteiger charge is -2.19. The summed E-state index contributed by atoms with van der Waals surface area (Å²) in [6.07, 6.45) is 1.12. The average Bonchev–Trinajstić information content (AvgIpc) is 2.56. The quantitative estimate of drug-likeness (QED) is 0.675. The van der Waals surface area contributed by atoms with Crippen LogP contribution < -0.4 is 0 Å². The van der Waals surface area contributed by atoms with Crippen molar-refractivity contribution < 1.29 is 4.58 Å². The van der Waals surface area contributed by atoms with Gasteiger partial charge in [0.1, 0.15) is 7.05 Å². The van der Waals surface area contributed by atoms with Gasteiger partial charge in [-0.3, -0.25) is 0 Å². The molecule has 1 aromatic rings. The first-order chi connectivity index (χ1) is 8.41. The number of hydrogen-bond acceptors (Lipinski definition) is 0. The van der Waals surface area contributed by atoms with Crippen LogP contribution >= 0.6 is 0 Å². The standard InChI is InChI=1S/C17H24N/c1-7-12(2)13(3)16-17(4,5)14-10-8-9-11-15(14)18(16)6/h8-11H,7H2,1-6H3/q+1/b13-12+. The zero-order chi connectivity index (χ0) is 13.5. The first-order valence-electron chi connectivity index (χ1n) is 6.78. The highest BCUT2D eigenvalue weighted by molar-refractivity contribution is 6.07. The minimum Gasteiger partial charge on any atom is -0.198 e. The molecule has 1 heteroatoms. The Hall–Kier alpha value is -1.37. The monoisotopic (exact) mass is 242 g/mol. The van der Waals surface area contributed by atoms with Gasteiger partial charge in [-0.1, -0.05) is 30.7 Å². The molecule has 0 unspecified atom stereocenters. The van der Waals surface area contributed by atoms with Gasteiger partial charge in [0.2, 0.25) is 5.69 Å². The third-order valence-corrected chi connectivity index (χ3v) is 4.39. The molecule has 0 fully saturated rings. The molecule has 0 aliphatic carbocycles. The summed E-state index contributed by atoms with van der Waals surface area (Å²) in [5.41, 5.74) is 7.26. The van der Waals surface area contributed by atoms with Gasteiger partial charge in [0.05, 0.1) is 5.41 Å². The van der Waals surface area contributed by atoms with E-state index in [9.17, 15) is 0 Å². The molecule has 18 heavy (non-hydrogen) atoms. The molecule has 0 atom stereocenters. The van der Waals surface area contributed by atoms with Crippen LogP contribution in [-0.4, -0.2) is 17.3 Å². The molecule has 2 rings (SSSR count). The second-order valence-electron chi connectivity index (χ2n) is 5.81. The molecule has 0 N–H and O–H groups in total. The van der Waals surface area contributed by atoms with Crippen LogP contribution in [0.25, 0.3) is 0 Å². The predicted molar refractivity (Wildman–Crippen MR) is 79.0 cm³/mol. The first kappa shape index (κ1) is 13.1. The van der Waals surface area contributed by atoms with E-state index in [4.69, 9.17) is 0 Å². The number of allylic oxidation sites excluding steroid dienone is 2. The third-order valence-electron chi connectivity index (χ3n) is 4.39. The Morgan fingerprint density at radius 1 is 1.17 bits per heavy atom. The van der Waals surface area contributed by atoms with Crippen LogP contribution in [0.3, 0.4) is 0 Å². The Kier molecular flexibility index (Phi) is 3.18. The number of benzene rings is 1. The molecule has 0 radical (unpaired) electrons. The van der Waals surface area contributed by atoms with Crippen molar-refractivity contribution in [3.8, 4) is 0 Å². The Balaban J connectivity index is 2.68. The van der Waals surface area contributed by atoms with Crippen molar-refractivity contribution in [1.29, 1.82) is 0 Å². The van der Waals surface area contributed by atoms with Crippen LogP contribution in [0.15, 0.2) is 35.4 Å². The van der Waals surface area contributed by atoms with Crippen molar-refractivity contribution in [2.45, 2.75) is 46.5 Å². The largest absolute Gasteiger partial charge is 0.209 e. The summed E-state index contributed by atoms with van der Waals surface area (Å²) in [5.74, 6) is 0. The number of nitrogens with zero attached hydrogens (tertiary/aromatic N) is 1. The molecule has 1 aliphatic rings. The molecule has 0 spiro atoms. The molecule has 1 heterocycles. The molecule has 0 saturated heterocycles. The highest BCUT2D eigenvalue weighted by Gasteiger charge is 2.44. The Morgan fingerprint density at radius 3 is 2.33 bits per heavy atom. The molecule has 0 aromatic heterocycles. The van der Waals surface area contributed by atoms with Crippen LogP contribution in [0, 0.1) is 0 Å². The molecule has 0 saturated carbocycles. The molecule has 1 aromatic carbocycles. The Morgan fingerprint density at radius 2 is 1.78 bits per heavy atom. The smallest absolute Gasteiger partial charge is 0.198 e. The maximum atomic E-state index is 2.36. The minimum absolute atomic E-state index is 0.103. The van der Waals surface area contributed by atoms with Crippen molar-refractivity contribution in [3.05, 3.63) is 41.0 Å². The van der Waals surface area contributed by atoms with Gasteiger partial charge in [-0.05, 0) is 34.1 Å². The number of para-hydroxylation sites is 1. The van der Waals surface area contributed by atoms with Crippen molar-refractivity contribution >= 4 is 11.4 Å². The summed E-state index contributed by atoms with van der Waals surface area (Å²) in [5, 5.41) is 0. The molecule has 1 nitrogen and oxygen atoms in total. The van der Waals surface area contributed by atoms with Crippen molar-refractivity contribution in [3.63, 3.8) is 0 Å². The van der Waals surface area contributed by atoms with E-state index >= 15 is 0 Å². The van der Waals surface area contributed by atoms with Gasteiger partial charge in [-0.25, -0.2) is 0 Å². The summed E-state index contributed by atoms with van der Waals surface area (Å²) < 4.78 is 2.36. The van der Waals surface area contributed by atoms with Gasteiger partial charge in [0, 0.05) is 17.2 Å². The highest BCUT2D eigenvalue weighted by Crippen LogP contribution is 2.41. The summed E-state index contributed by atoms with van der Waals surface area (Å²) in [6, 6.07) is 8.75. The average molecular weight is 242 g/mol. The second-order valence-corrected chi connectivity index (χ2v) is 5.81. The Bertz CT molecular complexity index is 544. The van der Waals surface area contributed by atoms with Gasteiger partial charge < -0.3 is 0 Å². The second kappa shape index (κ2) is 4.38. The first-order valence-corrected chi connectivity index (χ1v) is 6.78. The van der Waals surface area contributed by atoms with Crippen LogP contribution in [0.1, 0.15) is 46.6 Å². The van der Waals surface area contributed by atoms with Crippen LogP contribution in [0.4, 0.5) is 5.69 Å². The Labute approximate surface area is 111 Å². The number of hydrogen-bond donors (Lipinski definition) is 0. The molecular weight excluding hydrogens is 218 g/mol. The number of rotatable bonds is 2. The lowest BCUT2D eigenvalue weighted by Crippen LogP contribution is -2.30. The van der Waals surface area contributed by atoms with E-state index in [1.165, 1.54) is 28.1 Å². The summed E-state index contributed by atoms with van der Waals surface area (Å²) in [7, 11) is 2.19. The topological polar surface area (TPSA) is 3.01 Å². The van der Waals surface area contributed by atoms with E-state index < -0.39 is 0 Å². The fourth-order valence-corrected chi connectivity index (χ4v) is 3.15. The van der Waals surface area contributed by atoms with Crippen molar-refractivity contribution in [2.24, 2.45) is 0 Å². The maximum Gasteiger partial charge on any atom is 0.209 e. The molecule has 96 valence electrons. The van der Waals surface area contributed by atoms with E-state index in [1.807, 2.05) is 0 Å².